The van der Waals surface area contributed by atoms with Crippen LogP contribution in [0.3, 0.4) is 0 Å². The number of aryl methyl sites for hydroxylation is 1. The van der Waals surface area contributed by atoms with E-state index in [4.69, 9.17) is 14.2 Å². The van der Waals surface area contributed by atoms with Crippen LogP contribution in [0.15, 0.2) is 70.5 Å². The zero-order chi connectivity index (χ0) is 24.9. The molecular formula is C26H25N3O5S. The van der Waals surface area contributed by atoms with Gasteiger partial charge < -0.3 is 19.5 Å². The molecule has 1 amide bonds. The first-order valence-electron chi connectivity index (χ1n) is 10.8. The molecule has 0 aliphatic rings. The summed E-state index contributed by atoms with van der Waals surface area (Å²) in [6.07, 6.45) is 1.77. The number of anilines is 1. The maximum Gasteiger partial charge on any atom is 0.258 e. The van der Waals surface area contributed by atoms with Crippen molar-refractivity contribution in [3.63, 3.8) is 0 Å². The number of ether oxygens (including phenoxy) is 3. The first-order valence-corrected chi connectivity index (χ1v) is 11.7. The average molecular weight is 492 g/mol. The Hall–Kier alpha value is -3.98. The van der Waals surface area contributed by atoms with Gasteiger partial charge in [-0.3, -0.25) is 14.0 Å². The topological polar surface area (TPSA) is 91.2 Å². The van der Waals surface area contributed by atoms with Crippen molar-refractivity contribution in [2.75, 3.05) is 26.6 Å². The molecule has 0 fully saturated rings. The fourth-order valence-electron chi connectivity index (χ4n) is 3.59. The quantitative estimate of drug-likeness (QED) is 0.361. The number of thioether (sulfide) groups is 1. The number of rotatable bonds is 8. The molecule has 2 aromatic carbocycles. The van der Waals surface area contributed by atoms with Crippen LogP contribution < -0.4 is 25.1 Å². The van der Waals surface area contributed by atoms with E-state index in [1.54, 1.807) is 18.3 Å². The minimum absolute atomic E-state index is 0.127. The number of carbonyl (C=O) groups is 1. The Morgan fingerprint density at radius 3 is 2.40 bits per heavy atom. The van der Waals surface area contributed by atoms with Gasteiger partial charge in [0.2, 0.25) is 5.75 Å². The predicted octanol–water partition coefficient (Wildman–Crippen LogP) is 4.57. The lowest BCUT2D eigenvalue weighted by atomic mass is 10.1. The molecule has 1 N–H and O–H groups in total. The molecule has 2 aromatic heterocycles. The molecule has 4 rings (SSSR count). The van der Waals surface area contributed by atoms with Crippen molar-refractivity contribution < 1.29 is 19.0 Å². The Labute approximate surface area is 206 Å². The minimum Gasteiger partial charge on any atom is -0.493 e. The third kappa shape index (κ3) is 5.25. The van der Waals surface area contributed by atoms with Gasteiger partial charge in [0.05, 0.1) is 32.7 Å². The first kappa shape index (κ1) is 24.2. The molecule has 180 valence electrons. The van der Waals surface area contributed by atoms with Gasteiger partial charge in [0, 0.05) is 28.5 Å². The molecule has 0 radical (unpaired) electrons. The number of carbonyl (C=O) groups excluding carboxylic acids is 1. The largest absolute Gasteiger partial charge is 0.493 e. The van der Waals surface area contributed by atoms with Crippen molar-refractivity contribution in [2.45, 2.75) is 17.6 Å². The molecule has 35 heavy (non-hydrogen) atoms. The fourth-order valence-corrected chi connectivity index (χ4v) is 4.49. The van der Waals surface area contributed by atoms with Crippen LogP contribution in [-0.2, 0) is 5.75 Å². The van der Waals surface area contributed by atoms with E-state index in [2.05, 4.69) is 10.3 Å². The Kier molecular flexibility index (Phi) is 7.26. The Bertz CT molecular complexity index is 1430. The smallest absolute Gasteiger partial charge is 0.258 e. The highest BCUT2D eigenvalue weighted by Crippen LogP contribution is 2.38. The summed E-state index contributed by atoms with van der Waals surface area (Å²) in [5.74, 6) is 1.34. The van der Waals surface area contributed by atoms with Crippen LogP contribution in [-0.4, -0.2) is 36.6 Å². The fraction of sp³-hybridized carbons (Fsp3) is 0.192. The van der Waals surface area contributed by atoms with E-state index < -0.39 is 0 Å². The molecule has 2 heterocycles. The summed E-state index contributed by atoms with van der Waals surface area (Å²) in [4.78, 5) is 31.0. The summed E-state index contributed by atoms with van der Waals surface area (Å²) in [7, 11) is 4.50. The van der Waals surface area contributed by atoms with Gasteiger partial charge in [-0.25, -0.2) is 4.98 Å². The van der Waals surface area contributed by atoms with Crippen molar-refractivity contribution in [3.05, 3.63) is 88.0 Å². The maximum absolute atomic E-state index is 13.1. The van der Waals surface area contributed by atoms with E-state index in [0.29, 0.717) is 45.6 Å². The lowest BCUT2D eigenvalue weighted by Crippen LogP contribution is -2.15. The SMILES string of the molecule is COc1cc(C(=O)Nc2ccccc2SCc2cc(=O)n3cc(C)ccc3n2)cc(OC)c1OC. The van der Waals surface area contributed by atoms with Gasteiger partial charge in [0.15, 0.2) is 11.5 Å². The molecule has 9 heteroatoms. The van der Waals surface area contributed by atoms with Crippen molar-refractivity contribution in [3.8, 4) is 17.2 Å². The molecular weight excluding hydrogens is 466 g/mol. The number of hydrogen-bond acceptors (Lipinski definition) is 7. The predicted molar refractivity (Wildman–Crippen MR) is 136 cm³/mol. The summed E-state index contributed by atoms with van der Waals surface area (Å²) >= 11 is 1.48. The van der Waals surface area contributed by atoms with Crippen molar-refractivity contribution >= 4 is 29.0 Å². The molecule has 0 aliphatic carbocycles. The molecule has 8 nitrogen and oxygen atoms in total. The second kappa shape index (κ2) is 10.5. The van der Waals surface area contributed by atoms with E-state index >= 15 is 0 Å². The van der Waals surface area contributed by atoms with E-state index in [1.807, 2.05) is 43.3 Å². The normalized spacial score (nSPS) is 10.7. The molecule has 0 saturated carbocycles. The van der Waals surface area contributed by atoms with Gasteiger partial charge in [0.1, 0.15) is 5.65 Å². The van der Waals surface area contributed by atoms with E-state index in [-0.39, 0.29) is 11.5 Å². The van der Waals surface area contributed by atoms with Gasteiger partial charge in [-0.2, -0.15) is 0 Å². The number of nitrogens with zero attached hydrogens (tertiary/aromatic N) is 2. The lowest BCUT2D eigenvalue weighted by Gasteiger charge is -2.15. The minimum atomic E-state index is -0.324. The third-order valence-electron chi connectivity index (χ3n) is 5.30. The maximum atomic E-state index is 13.1. The number of aromatic nitrogens is 2. The van der Waals surface area contributed by atoms with Crippen molar-refractivity contribution in [1.82, 2.24) is 9.38 Å². The van der Waals surface area contributed by atoms with Gasteiger partial charge in [-0.1, -0.05) is 18.2 Å². The number of para-hydroxylation sites is 1. The number of pyridine rings is 1. The van der Waals surface area contributed by atoms with E-state index in [9.17, 15) is 9.59 Å². The van der Waals surface area contributed by atoms with Crippen LogP contribution in [0.1, 0.15) is 21.6 Å². The van der Waals surface area contributed by atoms with Gasteiger partial charge in [-0.05, 0) is 42.8 Å². The van der Waals surface area contributed by atoms with Crippen LogP contribution in [0, 0.1) is 6.92 Å². The number of methoxy groups -OCH3 is 3. The Morgan fingerprint density at radius 2 is 1.71 bits per heavy atom. The number of benzene rings is 2. The second-order valence-corrected chi connectivity index (χ2v) is 8.69. The highest BCUT2D eigenvalue weighted by atomic mass is 32.2. The Balaban J connectivity index is 1.55. The number of fused-ring (bicyclic) bond motifs is 1. The molecule has 0 atom stereocenters. The number of nitrogens with one attached hydrogen (secondary N) is 1. The molecule has 0 spiro atoms. The number of hydrogen-bond donors (Lipinski definition) is 1. The average Bonchev–Trinajstić information content (AvgIpc) is 2.87. The first-order chi connectivity index (χ1) is 16.9. The molecule has 4 aromatic rings. The zero-order valence-electron chi connectivity index (χ0n) is 19.8. The highest BCUT2D eigenvalue weighted by molar-refractivity contribution is 7.98. The standard InChI is InChI=1S/C26H25N3O5S/c1-16-9-10-23-27-18(13-24(30)29(23)14-16)15-35-22-8-6-5-7-19(22)28-26(31)17-11-20(32-2)25(34-4)21(12-17)33-3/h5-14H,15H2,1-4H3,(H,28,31). The molecule has 0 bridgehead atoms. The lowest BCUT2D eigenvalue weighted by molar-refractivity contribution is 0.102. The monoisotopic (exact) mass is 491 g/mol. The summed E-state index contributed by atoms with van der Waals surface area (Å²) < 4.78 is 17.6. The molecule has 0 unspecified atom stereocenters. The van der Waals surface area contributed by atoms with E-state index in [0.717, 1.165) is 10.5 Å². The van der Waals surface area contributed by atoms with Crippen molar-refractivity contribution in [2.24, 2.45) is 0 Å². The van der Waals surface area contributed by atoms with Gasteiger partial charge in [-0.15, -0.1) is 11.8 Å². The second-order valence-electron chi connectivity index (χ2n) is 7.67. The van der Waals surface area contributed by atoms with Crippen LogP contribution in [0.25, 0.3) is 5.65 Å². The van der Waals surface area contributed by atoms with E-state index in [1.165, 1.54) is 43.6 Å². The summed E-state index contributed by atoms with van der Waals surface area (Å²) in [5.41, 5.74) is 3.12. The van der Waals surface area contributed by atoms with Crippen LogP contribution in [0.2, 0.25) is 0 Å². The van der Waals surface area contributed by atoms with Gasteiger partial charge in [0.25, 0.3) is 11.5 Å². The van der Waals surface area contributed by atoms with Crippen LogP contribution >= 0.6 is 11.8 Å². The summed E-state index contributed by atoms with van der Waals surface area (Å²) in [5, 5.41) is 2.95. The molecule has 0 aliphatic heterocycles. The van der Waals surface area contributed by atoms with Gasteiger partial charge >= 0.3 is 0 Å². The van der Waals surface area contributed by atoms with Crippen molar-refractivity contribution in [1.29, 1.82) is 0 Å². The summed E-state index contributed by atoms with van der Waals surface area (Å²) in [6, 6.07) is 16.0. The zero-order valence-corrected chi connectivity index (χ0v) is 20.6. The van der Waals surface area contributed by atoms with Crippen LogP contribution in [0.4, 0.5) is 5.69 Å². The Morgan fingerprint density at radius 1 is 1.00 bits per heavy atom. The molecule has 0 saturated heterocycles. The highest BCUT2D eigenvalue weighted by Gasteiger charge is 2.18. The number of amides is 1. The summed E-state index contributed by atoms with van der Waals surface area (Å²) in [6.45, 7) is 1.93. The van der Waals surface area contributed by atoms with Crippen LogP contribution in [0.5, 0.6) is 17.2 Å². The third-order valence-corrected chi connectivity index (χ3v) is 6.41.